The molecule has 0 spiro atoms. The molecule has 1 N–H and O–H groups in total. The molecule has 7 nitrogen and oxygen atoms in total. The van der Waals surface area contributed by atoms with E-state index in [0.29, 0.717) is 36.8 Å². The summed E-state index contributed by atoms with van der Waals surface area (Å²) in [5.41, 5.74) is 4.00. The number of nitrogens with one attached hydrogen (secondary N) is 1. The van der Waals surface area contributed by atoms with Gasteiger partial charge in [0.1, 0.15) is 11.5 Å². The zero-order chi connectivity index (χ0) is 26.4. The average Bonchev–Trinajstić information content (AvgIpc) is 3.51. The lowest BCUT2D eigenvalue weighted by molar-refractivity contribution is 0.0104. The number of carbonyl (C=O) groups excluding carboxylic acids is 1. The number of hydrogen-bond donors (Lipinski definition) is 1. The quantitative estimate of drug-likeness (QED) is 0.300. The van der Waals surface area contributed by atoms with Crippen LogP contribution >= 0.6 is 11.6 Å². The van der Waals surface area contributed by atoms with Gasteiger partial charge in [0.05, 0.1) is 26.2 Å². The molecular formula is C28H27ClF2N4O3. The predicted molar refractivity (Wildman–Crippen MR) is 141 cm³/mol. The van der Waals surface area contributed by atoms with Crippen LogP contribution in [-0.2, 0) is 13.0 Å². The van der Waals surface area contributed by atoms with E-state index in [1.54, 1.807) is 18.2 Å². The minimum Gasteiger partial charge on any atom is -0.497 e. The zero-order valence-corrected chi connectivity index (χ0v) is 21.5. The summed E-state index contributed by atoms with van der Waals surface area (Å²) in [6, 6.07) is 11.4. The van der Waals surface area contributed by atoms with Crippen molar-refractivity contribution in [1.82, 2.24) is 19.7 Å². The third kappa shape index (κ3) is 4.54. The molecule has 0 bridgehead atoms. The maximum absolute atomic E-state index is 13.9. The number of hydrogen-bond acceptors (Lipinski definition) is 5. The van der Waals surface area contributed by atoms with E-state index in [1.165, 1.54) is 0 Å². The van der Waals surface area contributed by atoms with E-state index in [0.717, 1.165) is 45.5 Å². The van der Waals surface area contributed by atoms with Crippen LogP contribution in [0.2, 0.25) is 5.15 Å². The molecule has 0 unspecified atom stereocenters. The van der Waals surface area contributed by atoms with E-state index < -0.39 is 6.43 Å². The second kappa shape index (κ2) is 10.0. The van der Waals surface area contributed by atoms with Crippen LogP contribution in [-0.4, -0.2) is 64.7 Å². The van der Waals surface area contributed by atoms with Crippen molar-refractivity contribution in [3.8, 4) is 22.6 Å². The number of ether oxygens (including phenoxy) is 2. The highest BCUT2D eigenvalue weighted by Gasteiger charge is 2.33. The number of rotatable bonds is 8. The normalized spacial score (nSPS) is 19.3. The number of benzene rings is 2. The first-order valence-corrected chi connectivity index (χ1v) is 13.0. The largest absolute Gasteiger partial charge is 0.497 e. The molecule has 6 rings (SSSR count). The second-order valence-electron chi connectivity index (χ2n) is 9.90. The van der Waals surface area contributed by atoms with Crippen LogP contribution in [0.3, 0.4) is 0 Å². The molecule has 0 saturated carbocycles. The lowest BCUT2D eigenvalue weighted by Crippen LogP contribution is -2.51. The summed E-state index contributed by atoms with van der Waals surface area (Å²) in [6.07, 6.45) is 2.60. The van der Waals surface area contributed by atoms with E-state index in [2.05, 4.69) is 10.2 Å². The van der Waals surface area contributed by atoms with Crippen LogP contribution < -0.4 is 9.47 Å². The van der Waals surface area contributed by atoms with Crippen LogP contribution in [0.15, 0.2) is 48.8 Å². The number of likely N-dealkylation sites (tertiary alicyclic amines) is 1. The molecule has 4 heterocycles. The van der Waals surface area contributed by atoms with Gasteiger partial charge in [-0.05, 0) is 48.2 Å². The fourth-order valence-corrected chi connectivity index (χ4v) is 5.73. The van der Waals surface area contributed by atoms with E-state index in [4.69, 9.17) is 21.1 Å². The number of Topliss-reactive ketones (excluding diaryl/α,β-unsaturated/α-hetero) is 1. The molecule has 10 heteroatoms. The molecule has 2 aromatic carbocycles. The van der Waals surface area contributed by atoms with Crippen molar-refractivity contribution < 1.29 is 23.0 Å². The fourth-order valence-electron chi connectivity index (χ4n) is 5.51. The first-order chi connectivity index (χ1) is 18.4. The number of carbonyl (C=O) groups is 1. The van der Waals surface area contributed by atoms with Crippen LogP contribution in [0.25, 0.3) is 22.0 Å². The lowest BCUT2D eigenvalue weighted by atomic mass is 9.89. The molecule has 2 aliphatic heterocycles. The average molecular weight is 541 g/mol. The van der Waals surface area contributed by atoms with Gasteiger partial charge in [0, 0.05) is 53.6 Å². The number of alkyl halides is 2. The number of nitrogens with zero attached hydrogens (tertiary/aromatic N) is 3. The highest BCUT2D eigenvalue weighted by Crippen LogP contribution is 2.36. The topological polar surface area (TPSA) is 72.4 Å². The Morgan fingerprint density at radius 2 is 2.16 bits per heavy atom. The number of halogens is 3. The SMILES string of the molecule is COc1ccc2c(c1)C[C@H](C(=O)c1cn(C[C@H]3CCN3CC(F)F)c3cc(-c4c[nH]nc4Cl)ccc13)CO2. The summed E-state index contributed by atoms with van der Waals surface area (Å²) in [7, 11) is 1.61. The van der Waals surface area contributed by atoms with E-state index in [9.17, 15) is 13.6 Å². The van der Waals surface area contributed by atoms with Gasteiger partial charge in [0.2, 0.25) is 0 Å². The summed E-state index contributed by atoms with van der Waals surface area (Å²) in [5.74, 6) is 1.13. The van der Waals surface area contributed by atoms with Crippen molar-refractivity contribution >= 4 is 28.3 Å². The van der Waals surface area contributed by atoms with Crippen molar-refractivity contribution in [2.24, 2.45) is 5.92 Å². The molecule has 4 aromatic rings. The lowest BCUT2D eigenvalue weighted by Gasteiger charge is -2.41. The van der Waals surface area contributed by atoms with Gasteiger partial charge in [-0.2, -0.15) is 5.10 Å². The van der Waals surface area contributed by atoms with E-state index in [-0.39, 0.29) is 24.3 Å². The van der Waals surface area contributed by atoms with Crippen molar-refractivity contribution in [1.29, 1.82) is 0 Å². The van der Waals surface area contributed by atoms with Gasteiger partial charge in [-0.3, -0.25) is 14.8 Å². The zero-order valence-electron chi connectivity index (χ0n) is 20.8. The molecule has 198 valence electrons. The highest BCUT2D eigenvalue weighted by molar-refractivity contribution is 6.32. The summed E-state index contributed by atoms with van der Waals surface area (Å²) < 4.78 is 39.4. The van der Waals surface area contributed by atoms with Crippen molar-refractivity contribution in [2.75, 3.05) is 26.8 Å². The Balaban J connectivity index is 1.35. The fraction of sp³-hybridized carbons (Fsp3) is 0.357. The van der Waals surface area contributed by atoms with Crippen molar-refractivity contribution in [2.45, 2.75) is 31.9 Å². The minimum absolute atomic E-state index is 0.00522. The van der Waals surface area contributed by atoms with Gasteiger partial charge in [-0.25, -0.2) is 8.78 Å². The molecule has 0 radical (unpaired) electrons. The van der Waals surface area contributed by atoms with Gasteiger partial charge >= 0.3 is 0 Å². The van der Waals surface area contributed by atoms with Crippen LogP contribution in [0.5, 0.6) is 11.5 Å². The Morgan fingerprint density at radius 1 is 1.29 bits per heavy atom. The smallest absolute Gasteiger partial charge is 0.251 e. The van der Waals surface area contributed by atoms with Crippen molar-refractivity contribution in [3.63, 3.8) is 0 Å². The Labute approximate surface area is 223 Å². The van der Waals surface area contributed by atoms with E-state index in [1.807, 2.05) is 47.2 Å². The molecule has 0 aliphatic carbocycles. The van der Waals surface area contributed by atoms with Gasteiger partial charge < -0.3 is 14.0 Å². The number of methoxy groups -OCH3 is 1. The molecule has 1 fully saturated rings. The maximum atomic E-state index is 13.9. The highest BCUT2D eigenvalue weighted by atomic mass is 35.5. The third-order valence-corrected chi connectivity index (χ3v) is 7.93. The van der Waals surface area contributed by atoms with Gasteiger partial charge in [0.25, 0.3) is 6.43 Å². The molecule has 1 saturated heterocycles. The van der Waals surface area contributed by atoms with Crippen molar-refractivity contribution in [3.05, 3.63) is 65.1 Å². The Kier molecular flexibility index (Phi) is 6.57. The second-order valence-corrected chi connectivity index (χ2v) is 10.3. The monoisotopic (exact) mass is 540 g/mol. The number of H-pyrrole nitrogens is 1. The van der Waals surface area contributed by atoms with Gasteiger partial charge in [-0.1, -0.05) is 23.7 Å². The van der Waals surface area contributed by atoms with Crippen LogP contribution in [0, 0.1) is 5.92 Å². The molecule has 2 atom stereocenters. The molecule has 2 aliphatic rings. The van der Waals surface area contributed by atoms with Gasteiger partial charge in [-0.15, -0.1) is 0 Å². The number of fused-ring (bicyclic) bond motifs is 2. The first-order valence-electron chi connectivity index (χ1n) is 12.6. The molecule has 2 aromatic heterocycles. The summed E-state index contributed by atoms with van der Waals surface area (Å²) >= 11 is 6.27. The molecule has 38 heavy (non-hydrogen) atoms. The maximum Gasteiger partial charge on any atom is 0.251 e. The summed E-state index contributed by atoms with van der Waals surface area (Å²) in [5, 5.41) is 7.95. The predicted octanol–water partition coefficient (Wildman–Crippen LogP) is 5.47. The Hall–Kier alpha value is -3.43. The summed E-state index contributed by atoms with van der Waals surface area (Å²) in [4.78, 5) is 15.7. The minimum atomic E-state index is -2.38. The first kappa shape index (κ1) is 24.9. The standard InChI is InChI=1S/C28H27ClF2N4O3/c1-37-20-3-5-25-17(9-20)8-18(15-38-25)27(36)23-13-35(12-19-6-7-34(19)14-26(30)31)24-10-16(2-4-21(23)24)22-11-32-33-28(22)29/h2-5,9-11,13,18-19,26H,6-8,12,14-15H2,1H3,(H,32,33)/t18-,19+/m0/s1. The van der Waals surface area contributed by atoms with Gasteiger partial charge in [0.15, 0.2) is 10.9 Å². The van der Waals surface area contributed by atoms with E-state index >= 15 is 0 Å². The Morgan fingerprint density at radius 3 is 2.87 bits per heavy atom. The number of aromatic amines is 1. The molecular weight excluding hydrogens is 514 g/mol. The number of aromatic nitrogens is 3. The Bertz CT molecular complexity index is 1500. The van der Waals surface area contributed by atoms with Crippen LogP contribution in [0.1, 0.15) is 22.3 Å². The molecule has 0 amide bonds. The number of ketones is 1. The summed E-state index contributed by atoms with van der Waals surface area (Å²) in [6.45, 7) is 1.21. The third-order valence-electron chi connectivity index (χ3n) is 7.64. The van der Waals surface area contributed by atoms with Crippen LogP contribution in [0.4, 0.5) is 8.78 Å².